The molecule has 5 nitrogen and oxygen atoms in total. The molecule has 1 heterocycles. The Morgan fingerprint density at radius 3 is 2.36 bits per heavy atom. The summed E-state index contributed by atoms with van der Waals surface area (Å²) in [6.07, 6.45) is 0. The minimum absolute atomic E-state index is 0.0212. The van der Waals surface area contributed by atoms with Gasteiger partial charge in [0.15, 0.2) is 0 Å². The van der Waals surface area contributed by atoms with Crippen molar-refractivity contribution in [3.05, 3.63) is 87.9 Å². The molecule has 0 fully saturated rings. The summed E-state index contributed by atoms with van der Waals surface area (Å²) in [5.41, 5.74) is 3.22. The molecular formula is C19H12ClN3O2. The maximum atomic E-state index is 11.1. The van der Waals surface area contributed by atoms with Crippen LogP contribution in [-0.2, 0) is 0 Å². The zero-order valence-electron chi connectivity index (χ0n) is 13.0. The van der Waals surface area contributed by atoms with E-state index in [0.717, 1.165) is 16.8 Å². The molecule has 6 heteroatoms. The molecule has 0 aliphatic carbocycles. The molecule has 122 valence electrons. The molecule has 0 saturated carbocycles. The third kappa shape index (κ3) is 2.75. The van der Waals surface area contributed by atoms with Gasteiger partial charge in [-0.15, -0.1) is 0 Å². The van der Waals surface area contributed by atoms with Crippen molar-refractivity contribution in [1.82, 2.24) is 9.55 Å². The highest BCUT2D eigenvalue weighted by Crippen LogP contribution is 2.31. The van der Waals surface area contributed by atoms with Gasteiger partial charge in [0.25, 0.3) is 5.69 Å². The molecule has 0 atom stereocenters. The first-order valence-electron chi connectivity index (χ1n) is 7.62. The van der Waals surface area contributed by atoms with Gasteiger partial charge in [-0.3, -0.25) is 14.7 Å². The number of non-ortho nitro benzene ring substituents is 1. The second-order valence-corrected chi connectivity index (χ2v) is 5.98. The molecule has 0 unspecified atom stereocenters. The number of hydrogen-bond donors (Lipinski definition) is 0. The smallest absolute Gasteiger partial charge is 0.271 e. The van der Waals surface area contributed by atoms with Gasteiger partial charge in [-0.05, 0) is 42.5 Å². The summed E-state index contributed by atoms with van der Waals surface area (Å²) in [5.74, 6) is 0.707. The van der Waals surface area contributed by atoms with Crippen LogP contribution in [0.5, 0.6) is 0 Å². The third-order valence-corrected chi connectivity index (χ3v) is 4.22. The molecule has 0 aliphatic rings. The Bertz CT molecular complexity index is 1070. The number of nitrogens with zero attached hydrogens (tertiary/aromatic N) is 3. The van der Waals surface area contributed by atoms with E-state index < -0.39 is 4.92 Å². The van der Waals surface area contributed by atoms with Crippen molar-refractivity contribution in [2.24, 2.45) is 0 Å². The van der Waals surface area contributed by atoms with Crippen LogP contribution in [0.3, 0.4) is 0 Å². The fourth-order valence-corrected chi connectivity index (χ4v) is 2.94. The lowest BCUT2D eigenvalue weighted by atomic mass is 10.2. The summed E-state index contributed by atoms with van der Waals surface area (Å²) in [6, 6.07) is 21.9. The molecule has 0 N–H and O–H groups in total. The Balaban J connectivity index is 2.03. The average Bonchev–Trinajstić information content (AvgIpc) is 3.01. The van der Waals surface area contributed by atoms with Crippen molar-refractivity contribution in [3.63, 3.8) is 0 Å². The van der Waals surface area contributed by atoms with Crippen molar-refractivity contribution >= 4 is 28.3 Å². The van der Waals surface area contributed by atoms with Gasteiger partial charge >= 0.3 is 0 Å². The largest absolute Gasteiger partial charge is 0.292 e. The highest BCUT2D eigenvalue weighted by atomic mass is 35.5. The van der Waals surface area contributed by atoms with E-state index in [1.807, 2.05) is 47.0 Å². The van der Waals surface area contributed by atoms with E-state index in [4.69, 9.17) is 11.6 Å². The molecule has 0 radical (unpaired) electrons. The van der Waals surface area contributed by atoms with Crippen LogP contribution in [0.2, 0.25) is 5.02 Å². The summed E-state index contributed by atoms with van der Waals surface area (Å²) in [5, 5.41) is 11.7. The number of hydrogen-bond acceptors (Lipinski definition) is 3. The number of para-hydroxylation sites is 1. The van der Waals surface area contributed by atoms with Crippen molar-refractivity contribution in [3.8, 4) is 17.1 Å². The molecule has 0 saturated heterocycles. The van der Waals surface area contributed by atoms with Crippen LogP contribution in [0.1, 0.15) is 0 Å². The highest BCUT2D eigenvalue weighted by molar-refractivity contribution is 6.30. The zero-order valence-corrected chi connectivity index (χ0v) is 13.7. The lowest BCUT2D eigenvalue weighted by molar-refractivity contribution is -0.384. The average molecular weight is 350 g/mol. The van der Waals surface area contributed by atoms with Gasteiger partial charge in [0.1, 0.15) is 5.82 Å². The molecule has 0 aliphatic heterocycles. The van der Waals surface area contributed by atoms with E-state index in [2.05, 4.69) is 4.98 Å². The minimum Gasteiger partial charge on any atom is -0.292 e. The van der Waals surface area contributed by atoms with Gasteiger partial charge in [0, 0.05) is 28.4 Å². The van der Waals surface area contributed by atoms with Crippen molar-refractivity contribution in [2.75, 3.05) is 0 Å². The number of nitro groups is 1. The number of halogens is 1. The van der Waals surface area contributed by atoms with Crippen molar-refractivity contribution in [1.29, 1.82) is 0 Å². The van der Waals surface area contributed by atoms with E-state index in [9.17, 15) is 10.1 Å². The maximum Gasteiger partial charge on any atom is 0.271 e. The number of rotatable bonds is 3. The van der Waals surface area contributed by atoms with Gasteiger partial charge in [0.2, 0.25) is 0 Å². The molecule has 25 heavy (non-hydrogen) atoms. The molecule has 4 rings (SSSR count). The molecule has 1 aromatic heterocycles. The monoisotopic (exact) mass is 349 g/mol. The number of imidazole rings is 1. The van der Waals surface area contributed by atoms with Crippen LogP contribution in [0.25, 0.3) is 28.1 Å². The quantitative estimate of drug-likeness (QED) is 0.374. The Morgan fingerprint density at radius 1 is 0.960 bits per heavy atom. The molecule has 4 aromatic rings. The van der Waals surface area contributed by atoms with Gasteiger partial charge in [-0.25, -0.2) is 4.98 Å². The van der Waals surface area contributed by atoms with Crippen LogP contribution in [0.4, 0.5) is 5.69 Å². The van der Waals surface area contributed by atoms with Crippen LogP contribution in [-0.4, -0.2) is 14.5 Å². The molecule has 0 amide bonds. The molecule has 0 bridgehead atoms. The minimum atomic E-state index is -0.414. The van der Waals surface area contributed by atoms with E-state index in [1.54, 1.807) is 18.2 Å². The second-order valence-electron chi connectivity index (χ2n) is 5.54. The first kappa shape index (κ1) is 15.4. The van der Waals surface area contributed by atoms with E-state index in [1.165, 1.54) is 12.1 Å². The first-order chi connectivity index (χ1) is 12.1. The first-order valence-corrected chi connectivity index (χ1v) is 7.99. The molecule has 0 spiro atoms. The SMILES string of the molecule is O=[N+]([O-])c1ccc2c(c1)nc(-c1ccc(Cl)cc1)n2-c1ccccc1. The van der Waals surface area contributed by atoms with Gasteiger partial charge in [0.05, 0.1) is 16.0 Å². The Labute approximate surface area is 148 Å². The highest BCUT2D eigenvalue weighted by Gasteiger charge is 2.17. The van der Waals surface area contributed by atoms with Crippen LogP contribution >= 0.6 is 11.6 Å². The predicted molar refractivity (Wildman–Crippen MR) is 98.2 cm³/mol. The molecular weight excluding hydrogens is 338 g/mol. The Kier molecular flexibility index (Phi) is 3.71. The second kappa shape index (κ2) is 6.03. The van der Waals surface area contributed by atoms with Gasteiger partial charge < -0.3 is 0 Å². The summed E-state index contributed by atoms with van der Waals surface area (Å²) in [7, 11) is 0. The summed E-state index contributed by atoms with van der Waals surface area (Å²) in [4.78, 5) is 15.3. The predicted octanol–water partition coefficient (Wildman–Crippen LogP) is 5.25. The van der Waals surface area contributed by atoms with E-state index >= 15 is 0 Å². The Morgan fingerprint density at radius 2 is 1.68 bits per heavy atom. The Hall–Kier alpha value is -3.18. The summed E-state index contributed by atoms with van der Waals surface area (Å²) in [6.45, 7) is 0. The standard InChI is InChI=1S/C19H12ClN3O2/c20-14-8-6-13(7-9-14)19-21-17-12-16(23(24)25)10-11-18(17)22(19)15-4-2-1-3-5-15/h1-12H. The van der Waals surface area contributed by atoms with Crippen molar-refractivity contribution < 1.29 is 4.92 Å². The fourth-order valence-electron chi connectivity index (χ4n) is 2.81. The normalized spacial score (nSPS) is 10.9. The van der Waals surface area contributed by atoms with Crippen molar-refractivity contribution in [2.45, 2.75) is 0 Å². The van der Waals surface area contributed by atoms with E-state index in [-0.39, 0.29) is 5.69 Å². The molecule has 3 aromatic carbocycles. The van der Waals surface area contributed by atoms with Crippen LogP contribution < -0.4 is 0 Å². The fraction of sp³-hybridized carbons (Fsp3) is 0. The lowest BCUT2D eigenvalue weighted by Gasteiger charge is -2.09. The number of fused-ring (bicyclic) bond motifs is 1. The summed E-state index contributed by atoms with van der Waals surface area (Å²) < 4.78 is 1.99. The van der Waals surface area contributed by atoms with E-state index in [0.29, 0.717) is 16.4 Å². The van der Waals surface area contributed by atoms with Crippen LogP contribution in [0.15, 0.2) is 72.8 Å². The summed E-state index contributed by atoms with van der Waals surface area (Å²) >= 11 is 5.99. The number of nitro benzene ring substituents is 1. The maximum absolute atomic E-state index is 11.1. The third-order valence-electron chi connectivity index (χ3n) is 3.97. The van der Waals surface area contributed by atoms with Gasteiger partial charge in [-0.2, -0.15) is 0 Å². The van der Waals surface area contributed by atoms with Crippen LogP contribution in [0, 0.1) is 10.1 Å². The topological polar surface area (TPSA) is 61.0 Å². The van der Waals surface area contributed by atoms with Gasteiger partial charge in [-0.1, -0.05) is 29.8 Å². The number of benzene rings is 3. The lowest BCUT2D eigenvalue weighted by Crippen LogP contribution is -1.97. The zero-order chi connectivity index (χ0) is 17.4. The number of aromatic nitrogens is 2.